The Balaban J connectivity index is 4.07. The Hall–Kier alpha value is 0.380. The summed E-state index contributed by atoms with van der Waals surface area (Å²) in [6.45, 7) is 2.71. The first-order chi connectivity index (χ1) is 3.71. The third-order valence-corrected chi connectivity index (χ3v) is 4.72. The molecule has 0 aromatic heterocycles. The lowest BCUT2D eigenvalue weighted by Gasteiger charge is -2.06. The predicted molar refractivity (Wildman–Crippen MR) is 36.4 cm³/mol. The Labute approximate surface area is 53.8 Å². The van der Waals surface area contributed by atoms with Gasteiger partial charge in [0.15, 0.2) is 0 Å². The zero-order valence-corrected chi connectivity index (χ0v) is 7.10. The van der Waals surface area contributed by atoms with Crippen LogP contribution >= 0.6 is 14.7 Å². The fraction of sp³-hybridized carbons (Fsp3) is 1.00. The van der Waals surface area contributed by atoms with Crippen LogP contribution in [0.25, 0.3) is 0 Å². The molecule has 0 saturated heterocycles. The van der Waals surface area contributed by atoms with E-state index in [1.807, 2.05) is 0 Å². The molecular weight excluding hydrogens is 162 g/mol. The van der Waals surface area contributed by atoms with Crippen molar-refractivity contribution < 1.29 is 18.9 Å². The van der Waals surface area contributed by atoms with Crippen LogP contribution in [0, 0.1) is 0 Å². The Bertz CT molecular complexity index is 154. The number of rotatable bonds is 2. The van der Waals surface area contributed by atoms with E-state index in [1.165, 1.54) is 13.3 Å². The number of hydrogen-bond donors (Lipinski definition) is 2. The summed E-state index contributed by atoms with van der Waals surface area (Å²) in [6.07, 6.45) is 0. The van der Waals surface area contributed by atoms with Gasteiger partial charge in [0.25, 0.3) is 0 Å². The van der Waals surface area contributed by atoms with Crippen LogP contribution in [-0.4, -0.2) is 29.0 Å². The Morgan fingerprint density at radius 2 is 1.56 bits per heavy atom. The fourth-order valence-corrected chi connectivity index (χ4v) is 3.99. The van der Waals surface area contributed by atoms with E-state index in [0.29, 0.717) is 0 Å². The van der Waals surface area contributed by atoms with Gasteiger partial charge in [0.1, 0.15) is 5.90 Å². The Morgan fingerprint density at radius 1 is 1.22 bits per heavy atom. The molecule has 0 amide bonds. The molecule has 0 unspecified atom stereocenters. The van der Waals surface area contributed by atoms with Crippen LogP contribution in [0.4, 0.5) is 0 Å². The lowest BCUT2D eigenvalue weighted by atomic mass is 11.8. The molecule has 0 saturated carbocycles. The monoisotopic (exact) mass is 172 g/mol. The molecule has 56 valence electrons. The van der Waals surface area contributed by atoms with Crippen LogP contribution in [0.1, 0.15) is 0 Å². The van der Waals surface area contributed by atoms with Gasteiger partial charge in [-0.3, -0.25) is 4.57 Å². The van der Waals surface area contributed by atoms with Crippen molar-refractivity contribution in [2.75, 3.05) is 19.2 Å². The first-order valence-corrected chi connectivity index (χ1v) is 6.88. The molecule has 0 aromatic carbocycles. The second-order valence-electron chi connectivity index (χ2n) is 2.38. The first-order valence-electron chi connectivity index (χ1n) is 2.29. The molecule has 0 aliphatic carbocycles. The van der Waals surface area contributed by atoms with Crippen LogP contribution in [-0.2, 0) is 9.13 Å². The lowest BCUT2D eigenvalue weighted by molar-refractivity contribution is 0.378. The summed E-state index contributed by atoms with van der Waals surface area (Å²) < 4.78 is 20.9. The smallest absolute Gasteiger partial charge is 0.324 e. The van der Waals surface area contributed by atoms with Gasteiger partial charge in [-0.25, -0.2) is 0 Å². The minimum absolute atomic E-state index is 0.486. The standard InChI is InChI=1S/C3H10O4P2/c1-8(2,4)3-9(5,6)7/h3H2,1-2H3,(H2,5,6,7). The Morgan fingerprint density at radius 3 is 1.56 bits per heavy atom. The van der Waals surface area contributed by atoms with Crippen molar-refractivity contribution >= 4 is 14.7 Å². The van der Waals surface area contributed by atoms with Crippen LogP contribution in [0.3, 0.4) is 0 Å². The van der Waals surface area contributed by atoms with Crippen molar-refractivity contribution in [1.29, 1.82) is 0 Å². The van der Waals surface area contributed by atoms with Crippen molar-refractivity contribution in [2.24, 2.45) is 0 Å². The quantitative estimate of drug-likeness (QED) is 0.602. The van der Waals surface area contributed by atoms with E-state index >= 15 is 0 Å². The summed E-state index contributed by atoms with van der Waals surface area (Å²) in [6, 6.07) is 0. The molecule has 0 heterocycles. The van der Waals surface area contributed by atoms with Gasteiger partial charge < -0.3 is 14.4 Å². The zero-order valence-electron chi connectivity index (χ0n) is 5.31. The van der Waals surface area contributed by atoms with Gasteiger partial charge in [-0.15, -0.1) is 0 Å². The van der Waals surface area contributed by atoms with Crippen molar-refractivity contribution in [1.82, 2.24) is 0 Å². The molecule has 4 nitrogen and oxygen atoms in total. The van der Waals surface area contributed by atoms with E-state index in [2.05, 4.69) is 0 Å². The zero-order chi connectivity index (χ0) is 7.71. The molecule has 0 radical (unpaired) electrons. The van der Waals surface area contributed by atoms with Gasteiger partial charge in [-0.2, -0.15) is 0 Å². The van der Waals surface area contributed by atoms with Crippen molar-refractivity contribution in [3.05, 3.63) is 0 Å². The largest absolute Gasteiger partial charge is 0.332 e. The SMILES string of the molecule is CP(C)(=O)CP(=O)(O)O. The minimum Gasteiger partial charge on any atom is -0.324 e. The summed E-state index contributed by atoms with van der Waals surface area (Å²) in [5.41, 5.74) is 0. The van der Waals surface area contributed by atoms with E-state index < -0.39 is 20.6 Å². The van der Waals surface area contributed by atoms with Gasteiger partial charge in [0.2, 0.25) is 0 Å². The van der Waals surface area contributed by atoms with Gasteiger partial charge in [-0.05, 0) is 13.3 Å². The van der Waals surface area contributed by atoms with Gasteiger partial charge >= 0.3 is 7.60 Å². The lowest BCUT2D eigenvalue weighted by Crippen LogP contribution is -1.86. The second-order valence-corrected chi connectivity index (χ2v) is 7.99. The second kappa shape index (κ2) is 2.55. The van der Waals surface area contributed by atoms with E-state index in [-0.39, 0.29) is 0 Å². The van der Waals surface area contributed by atoms with Crippen LogP contribution in [0.5, 0.6) is 0 Å². The van der Waals surface area contributed by atoms with Crippen LogP contribution in [0.2, 0.25) is 0 Å². The van der Waals surface area contributed by atoms with Crippen molar-refractivity contribution in [2.45, 2.75) is 0 Å². The summed E-state index contributed by atoms with van der Waals surface area (Å²) >= 11 is 0. The molecule has 0 aromatic rings. The van der Waals surface area contributed by atoms with E-state index in [1.54, 1.807) is 0 Å². The Kier molecular flexibility index (Phi) is 2.66. The molecule has 0 bridgehead atoms. The van der Waals surface area contributed by atoms with Crippen molar-refractivity contribution in [3.63, 3.8) is 0 Å². The fourth-order valence-electron chi connectivity index (χ4n) is 0.444. The van der Waals surface area contributed by atoms with Gasteiger partial charge in [0.05, 0.1) is 7.14 Å². The number of hydrogen-bond acceptors (Lipinski definition) is 2. The highest BCUT2D eigenvalue weighted by Gasteiger charge is 2.21. The molecule has 0 fully saturated rings. The summed E-state index contributed by atoms with van der Waals surface area (Å²) in [7, 11) is -6.60. The van der Waals surface area contributed by atoms with E-state index in [9.17, 15) is 9.13 Å². The molecule has 0 atom stereocenters. The normalized spacial score (nSPS) is 13.8. The maximum absolute atomic E-state index is 10.7. The van der Waals surface area contributed by atoms with Crippen molar-refractivity contribution in [3.8, 4) is 0 Å². The van der Waals surface area contributed by atoms with Gasteiger partial charge in [0, 0.05) is 0 Å². The van der Waals surface area contributed by atoms with E-state index in [0.717, 1.165) is 0 Å². The summed E-state index contributed by atoms with van der Waals surface area (Å²) in [4.78, 5) is 16.6. The first kappa shape index (κ1) is 9.38. The van der Waals surface area contributed by atoms with Gasteiger partial charge in [-0.1, -0.05) is 0 Å². The third kappa shape index (κ3) is 8.38. The molecule has 2 N–H and O–H groups in total. The third-order valence-electron chi connectivity index (χ3n) is 0.525. The minimum atomic E-state index is -4.05. The summed E-state index contributed by atoms with van der Waals surface area (Å²) in [5.74, 6) is -0.486. The molecule has 0 spiro atoms. The average molecular weight is 172 g/mol. The van der Waals surface area contributed by atoms with E-state index in [4.69, 9.17) is 9.79 Å². The average Bonchev–Trinajstić information content (AvgIpc) is 1.14. The molecule has 9 heavy (non-hydrogen) atoms. The maximum Gasteiger partial charge on any atom is 0.332 e. The summed E-state index contributed by atoms with van der Waals surface area (Å²) in [5, 5.41) is 0. The highest BCUT2D eigenvalue weighted by atomic mass is 31.2. The highest BCUT2D eigenvalue weighted by Crippen LogP contribution is 2.52. The topological polar surface area (TPSA) is 74.6 Å². The van der Waals surface area contributed by atoms with Crippen LogP contribution in [0.15, 0.2) is 0 Å². The maximum atomic E-state index is 10.7. The molecule has 0 rings (SSSR count). The highest BCUT2D eigenvalue weighted by molar-refractivity contribution is 7.75. The molecule has 0 aliphatic heterocycles. The predicted octanol–water partition coefficient (Wildman–Crippen LogP) is 0.744. The molecule has 0 aliphatic rings. The molecule has 6 heteroatoms. The van der Waals surface area contributed by atoms with Crippen LogP contribution < -0.4 is 0 Å². The molecular formula is C3H10O4P2.